The van der Waals surface area contributed by atoms with Crippen LogP contribution in [0.5, 0.6) is 0 Å². The maximum Gasteiger partial charge on any atom is 0.155 e. The maximum absolute atomic E-state index is 11.9. The third-order valence-corrected chi connectivity index (χ3v) is 8.08. The lowest BCUT2D eigenvalue weighted by Crippen LogP contribution is -2.55. The summed E-state index contributed by atoms with van der Waals surface area (Å²) in [5.41, 5.74) is 2.71. The van der Waals surface area contributed by atoms with Gasteiger partial charge in [-0.15, -0.1) is 0 Å². The highest BCUT2D eigenvalue weighted by Gasteiger charge is 2.60. The van der Waals surface area contributed by atoms with Gasteiger partial charge in [0.2, 0.25) is 0 Å². The topological polar surface area (TPSA) is 57.5 Å². The zero-order valence-electron chi connectivity index (χ0n) is 14.9. The first-order chi connectivity index (χ1) is 11.4. The van der Waals surface area contributed by atoms with E-state index in [1.54, 1.807) is 0 Å². The Morgan fingerprint density at radius 3 is 2.75 bits per heavy atom. The SMILES string of the molecule is C[C@]12CCC(=O)C=C1CC[C@H]1[C@H]2[C@@H](O)C[C@]2(C)/C(=C/CO)CC[C@H]12. The predicted molar refractivity (Wildman–Crippen MR) is 93.3 cm³/mol. The molecule has 3 heteroatoms. The molecule has 3 nitrogen and oxygen atoms in total. The van der Waals surface area contributed by atoms with Crippen molar-refractivity contribution in [3.8, 4) is 0 Å². The van der Waals surface area contributed by atoms with Crippen molar-refractivity contribution < 1.29 is 15.0 Å². The zero-order valence-corrected chi connectivity index (χ0v) is 14.9. The molecule has 6 atom stereocenters. The predicted octanol–water partition coefficient (Wildman–Crippen LogP) is 3.41. The summed E-state index contributed by atoms with van der Waals surface area (Å²) in [5, 5.41) is 20.5. The van der Waals surface area contributed by atoms with Gasteiger partial charge in [-0.1, -0.05) is 31.1 Å². The molecule has 0 bridgehead atoms. The van der Waals surface area contributed by atoms with Crippen LogP contribution in [0, 0.1) is 28.6 Å². The van der Waals surface area contributed by atoms with Crippen LogP contribution in [0.4, 0.5) is 0 Å². The van der Waals surface area contributed by atoms with E-state index in [0.717, 1.165) is 32.1 Å². The van der Waals surface area contributed by atoms with E-state index in [-0.39, 0.29) is 35.2 Å². The first kappa shape index (κ1) is 16.5. The minimum atomic E-state index is -0.307. The van der Waals surface area contributed by atoms with Crippen molar-refractivity contribution in [1.82, 2.24) is 0 Å². The molecule has 0 amide bonds. The molecule has 0 spiro atoms. The first-order valence-corrected chi connectivity index (χ1v) is 9.62. The van der Waals surface area contributed by atoms with Crippen LogP contribution in [0.2, 0.25) is 0 Å². The molecule has 4 rings (SSSR count). The van der Waals surface area contributed by atoms with Gasteiger partial charge >= 0.3 is 0 Å². The lowest BCUT2D eigenvalue weighted by molar-refractivity contribution is -0.124. The van der Waals surface area contributed by atoms with E-state index in [2.05, 4.69) is 13.8 Å². The molecule has 2 N–H and O–H groups in total. The lowest BCUT2D eigenvalue weighted by atomic mass is 9.46. The summed E-state index contributed by atoms with van der Waals surface area (Å²) in [7, 11) is 0. The van der Waals surface area contributed by atoms with Gasteiger partial charge in [0.1, 0.15) is 0 Å². The van der Waals surface area contributed by atoms with Crippen LogP contribution in [0.15, 0.2) is 23.3 Å². The fourth-order valence-corrected chi connectivity index (χ4v) is 6.98. The van der Waals surface area contributed by atoms with Gasteiger partial charge in [-0.25, -0.2) is 0 Å². The van der Waals surface area contributed by atoms with Crippen molar-refractivity contribution in [3.63, 3.8) is 0 Å². The highest BCUT2D eigenvalue weighted by Crippen LogP contribution is 2.66. The smallest absolute Gasteiger partial charge is 0.155 e. The van der Waals surface area contributed by atoms with E-state index in [1.807, 2.05) is 12.2 Å². The number of allylic oxidation sites excluding steroid dienone is 2. The maximum atomic E-state index is 11.9. The number of aliphatic hydroxyl groups is 2. The number of rotatable bonds is 1. The van der Waals surface area contributed by atoms with Crippen molar-refractivity contribution in [3.05, 3.63) is 23.3 Å². The van der Waals surface area contributed by atoms with Crippen LogP contribution in [0.25, 0.3) is 0 Å². The third-order valence-electron chi connectivity index (χ3n) is 8.08. The number of carbonyl (C=O) groups is 1. The molecular formula is C21H30O3. The van der Waals surface area contributed by atoms with E-state index < -0.39 is 0 Å². The molecule has 4 aliphatic rings. The molecule has 132 valence electrons. The standard InChI is InChI=1S/C21H30O3/c1-20-9-7-15(23)11-14(20)3-5-16-17-6-4-13(8-10-22)21(17,2)12-18(24)19(16)20/h8,11,16-19,22,24H,3-7,9-10,12H2,1-2H3/b13-8+/t16-,17-,18+,19+,20+,21-/m1/s1. The summed E-state index contributed by atoms with van der Waals surface area (Å²) in [6.45, 7) is 4.71. The Hall–Kier alpha value is -0.930. The molecular weight excluding hydrogens is 300 g/mol. The molecule has 0 aromatic carbocycles. The zero-order chi connectivity index (χ0) is 17.1. The van der Waals surface area contributed by atoms with Gasteiger partial charge in [0, 0.05) is 6.42 Å². The molecule has 0 heterocycles. The number of carbonyl (C=O) groups excluding carboxylic acids is 1. The first-order valence-electron chi connectivity index (χ1n) is 9.62. The summed E-state index contributed by atoms with van der Waals surface area (Å²) < 4.78 is 0. The molecule has 0 unspecified atom stereocenters. The highest BCUT2D eigenvalue weighted by atomic mass is 16.3. The molecule has 3 fully saturated rings. The summed E-state index contributed by atoms with van der Waals surface area (Å²) in [6.07, 6.45) is 10.3. The van der Waals surface area contributed by atoms with Crippen molar-refractivity contribution in [2.75, 3.05) is 6.61 Å². The number of hydrogen-bond donors (Lipinski definition) is 2. The Morgan fingerprint density at radius 1 is 1.21 bits per heavy atom. The quantitative estimate of drug-likeness (QED) is 0.725. The largest absolute Gasteiger partial charge is 0.393 e. The normalized spacial score (nSPS) is 49.4. The van der Waals surface area contributed by atoms with Gasteiger partial charge in [0.05, 0.1) is 12.7 Å². The highest BCUT2D eigenvalue weighted by molar-refractivity contribution is 5.91. The summed E-state index contributed by atoms with van der Waals surface area (Å²) in [6, 6.07) is 0. The van der Waals surface area contributed by atoms with Crippen molar-refractivity contribution in [2.24, 2.45) is 28.6 Å². The minimum absolute atomic E-state index is 0.00101. The van der Waals surface area contributed by atoms with Gasteiger partial charge in [-0.3, -0.25) is 4.79 Å². The van der Waals surface area contributed by atoms with Gasteiger partial charge in [-0.2, -0.15) is 0 Å². The van der Waals surface area contributed by atoms with E-state index in [1.165, 1.54) is 17.6 Å². The van der Waals surface area contributed by atoms with Crippen molar-refractivity contribution in [2.45, 2.75) is 64.9 Å². The molecule has 0 aromatic heterocycles. The fraction of sp³-hybridized carbons (Fsp3) is 0.762. The molecule has 24 heavy (non-hydrogen) atoms. The average Bonchev–Trinajstić information content (AvgIpc) is 2.84. The number of fused-ring (bicyclic) bond motifs is 5. The van der Waals surface area contributed by atoms with Gasteiger partial charge < -0.3 is 10.2 Å². The van der Waals surface area contributed by atoms with Gasteiger partial charge in [0.25, 0.3) is 0 Å². The Balaban J connectivity index is 1.72. The van der Waals surface area contributed by atoms with Crippen LogP contribution in [-0.4, -0.2) is 28.7 Å². The Bertz CT molecular complexity index is 619. The summed E-state index contributed by atoms with van der Waals surface area (Å²) in [4.78, 5) is 11.9. The third kappa shape index (κ3) is 2.13. The van der Waals surface area contributed by atoms with Gasteiger partial charge in [-0.05, 0) is 73.2 Å². The molecule has 0 radical (unpaired) electrons. The van der Waals surface area contributed by atoms with E-state index in [0.29, 0.717) is 18.3 Å². The Morgan fingerprint density at radius 2 is 2.00 bits per heavy atom. The van der Waals surface area contributed by atoms with Crippen molar-refractivity contribution >= 4 is 5.78 Å². The molecule has 4 aliphatic carbocycles. The van der Waals surface area contributed by atoms with Crippen LogP contribution in [0.3, 0.4) is 0 Å². The van der Waals surface area contributed by atoms with E-state index in [9.17, 15) is 15.0 Å². The molecule has 0 aromatic rings. The van der Waals surface area contributed by atoms with Crippen LogP contribution in [0.1, 0.15) is 58.8 Å². The molecule has 3 saturated carbocycles. The number of aliphatic hydroxyl groups excluding tert-OH is 2. The molecule has 0 saturated heterocycles. The summed E-state index contributed by atoms with van der Waals surface area (Å²) >= 11 is 0. The minimum Gasteiger partial charge on any atom is -0.393 e. The second kappa shape index (κ2) is 5.54. The Kier molecular flexibility index (Phi) is 3.81. The van der Waals surface area contributed by atoms with Crippen LogP contribution >= 0.6 is 0 Å². The Labute approximate surface area is 144 Å². The number of ketones is 1. The van der Waals surface area contributed by atoms with Gasteiger partial charge in [0.15, 0.2) is 5.78 Å². The lowest BCUT2D eigenvalue weighted by Gasteiger charge is -2.59. The second-order valence-corrected chi connectivity index (χ2v) is 9.03. The monoisotopic (exact) mass is 330 g/mol. The van der Waals surface area contributed by atoms with E-state index >= 15 is 0 Å². The average molecular weight is 330 g/mol. The van der Waals surface area contributed by atoms with E-state index in [4.69, 9.17) is 0 Å². The molecule has 0 aliphatic heterocycles. The van der Waals surface area contributed by atoms with Crippen LogP contribution < -0.4 is 0 Å². The van der Waals surface area contributed by atoms with Crippen molar-refractivity contribution in [1.29, 1.82) is 0 Å². The second-order valence-electron chi connectivity index (χ2n) is 9.03. The fourth-order valence-electron chi connectivity index (χ4n) is 6.98. The summed E-state index contributed by atoms with van der Waals surface area (Å²) in [5.74, 6) is 1.71. The van der Waals surface area contributed by atoms with Crippen LogP contribution in [-0.2, 0) is 4.79 Å². The number of hydrogen-bond acceptors (Lipinski definition) is 3.